The molecule has 0 saturated carbocycles. The number of halogens is 2. The quantitative estimate of drug-likeness (QED) is 0.631. The summed E-state index contributed by atoms with van der Waals surface area (Å²) >= 11 is 3.26. The molecule has 0 fully saturated rings. The topological polar surface area (TPSA) is 0 Å². The molecular weight excluding hydrogens is 207 g/mol. The summed E-state index contributed by atoms with van der Waals surface area (Å²) in [6.07, 6.45) is 0. The smallest absolute Gasteiger partial charge is 0.123 e. The predicted octanol–water partition coefficient (Wildman–Crippen LogP) is 3.75. The molecule has 0 nitrogen and oxygen atoms in total. The highest BCUT2D eigenvalue weighted by atomic mass is 79.9. The van der Waals surface area contributed by atoms with Crippen molar-refractivity contribution in [2.75, 3.05) is 0 Å². The van der Waals surface area contributed by atoms with Crippen LogP contribution in [0.1, 0.15) is 19.4 Å². The Hall–Kier alpha value is -0.370. The molecule has 0 atom stereocenters. The van der Waals surface area contributed by atoms with E-state index < -0.39 is 0 Å². The molecule has 0 aliphatic heterocycles. The number of hydrogen-bond donors (Lipinski definition) is 0. The zero-order valence-electron chi connectivity index (χ0n) is 6.77. The minimum absolute atomic E-state index is 0.181. The van der Waals surface area contributed by atoms with Gasteiger partial charge < -0.3 is 0 Å². The van der Waals surface area contributed by atoms with Crippen molar-refractivity contribution in [1.82, 2.24) is 0 Å². The standard InChI is InChI=1S/C7H6BrF.C2H6/c8-5-6-1-3-7(9)4-2-6;1-2/h1-4H,5H2;1-2H3. The molecule has 0 aliphatic carbocycles. The fraction of sp³-hybridized carbons (Fsp3) is 0.333. The van der Waals surface area contributed by atoms with E-state index in [0.29, 0.717) is 0 Å². The van der Waals surface area contributed by atoms with Gasteiger partial charge in [-0.1, -0.05) is 41.9 Å². The zero-order chi connectivity index (χ0) is 8.69. The van der Waals surface area contributed by atoms with Gasteiger partial charge in [0.05, 0.1) is 0 Å². The van der Waals surface area contributed by atoms with Crippen LogP contribution in [0, 0.1) is 5.82 Å². The first-order valence-corrected chi connectivity index (χ1v) is 4.75. The van der Waals surface area contributed by atoms with Crippen LogP contribution in [0.4, 0.5) is 4.39 Å². The Kier molecular flexibility index (Phi) is 6.13. The van der Waals surface area contributed by atoms with Crippen molar-refractivity contribution < 1.29 is 4.39 Å². The summed E-state index contributed by atoms with van der Waals surface area (Å²) in [7, 11) is 0. The van der Waals surface area contributed by atoms with E-state index in [4.69, 9.17) is 0 Å². The van der Waals surface area contributed by atoms with E-state index in [1.54, 1.807) is 12.1 Å². The van der Waals surface area contributed by atoms with Crippen molar-refractivity contribution in [1.29, 1.82) is 0 Å². The largest absolute Gasteiger partial charge is 0.207 e. The number of alkyl halides is 1. The summed E-state index contributed by atoms with van der Waals surface area (Å²) < 4.78 is 12.2. The van der Waals surface area contributed by atoms with Gasteiger partial charge >= 0.3 is 0 Å². The lowest BCUT2D eigenvalue weighted by atomic mass is 10.2. The highest BCUT2D eigenvalue weighted by Crippen LogP contribution is 2.05. The van der Waals surface area contributed by atoms with Gasteiger partial charge in [0.25, 0.3) is 0 Å². The minimum atomic E-state index is -0.181. The molecule has 1 aromatic carbocycles. The molecule has 0 saturated heterocycles. The molecule has 2 heteroatoms. The average Bonchev–Trinajstić information content (AvgIpc) is 2.10. The Morgan fingerprint density at radius 3 is 2.00 bits per heavy atom. The molecule has 0 radical (unpaired) electrons. The summed E-state index contributed by atoms with van der Waals surface area (Å²) in [6.45, 7) is 4.00. The van der Waals surface area contributed by atoms with E-state index in [9.17, 15) is 4.39 Å². The molecule has 0 bridgehead atoms. The van der Waals surface area contributed by atoms with E-state index in [0.717, 1.165) is 10.9 Å². The van der Waals surface area contributed by atoms with Crippen molar-refractivity contribution in [2.24, 2.45) is 0 Å². The fourth-order valence-corrected chi connectivity index (χ4v) is 0.947. The van der Waals surface area contributed by atoms with Gasteiger partial charge in [-0.2, -0.15) is 0 Å². The second kappa shape index (κ2) is 6.35. The van der Waals surface area contributed by atoms with Crippen LogP contribution in [0.2, 0.25) is 0 Å². The van der Waals surface area contributed by atoms with E-state index in [1.165, 1.54) is 12.1 Å². The highest BCUT2D eigenvalue weighted by Gasteiger charge is 1.88. The lowest BCUT2D eigenvalue weighted by molar-refractivity contribution is 0.627. The van der Waals surface area contributed by atoms with Gasteiger partial charge in [0, 0.05) is 5.33 Å². The van der Waals surface area contributed by atoms with E-state index in [1.807, 2.05) is 13.8 Å². The van der Waals surface area contributed by atoms with Crippen molar-refractivity contribution in [3.63, 3.8) is 0 Å². The molecule has 1 rings (SSSR count). The Labute approximate surface area is 75.6 Å². The van der Waals surface area contributed by atoms with Gasteiger partial charge in [0.2, 0.25) is 0 Å². The first kappa shape index (κ1) is 10.6. The van der Waals surface area contributed by atoms with Gasteiger partial charge in [-0.05, 0) is 17.7 Å². The third-order valence-corrected chi connectivity index (χ3v) is 1.72. The summed E-state index contributed by atoms with van der Waals surface area (Å²) in [5.74, 6) is -0.181. The van der Waals surface area contributed by atoms with Gasteiger partial charge in [-0.15, -0.1) is 0 Å². The van der Waals surface area contributed by atoms with Crippen LogP contribution in [0.25, 0.3) is 0 Å². The molecule has 11 heavy (non-hydrogen) atoms. The van der Waals surface area contributed by atoms with Crippen molar-refractivity contribution in [3.05, 3.63) is 35.6 Å². The average molecular weight is 219 g/mol. The fourth-order valence-electron chi connectivity index (χ4n) is 0.573. The minimum Gasteiger partial charge on any atom is -0.207 e. The summed E-state index contributed by atoms with van der Waals surface area (Å²) in [4.78, 5) is 0. The van der Waals surface area contributed by atoms with Crippen LogP contribution >= 0.6 is 15.9 Å². The molecule has 1 aromatic rings. The van der Waals surface area contributed by atoms with E-state index >= 15 is 0 Å². The second-order valence-electron chi connectivity index (χ2n) is 1.76. The molecular formula is C9H12BrF. The van der Waals surface area contributed by atoms with Crippen LogP contribution in [-0.2, 0) is 5.33 Å². The molecule has 0 amide bonds. The van der Waals surface area contributed by atoms with Gasteiger partial charge in [-0.25, -0.2) is 4.39 Å². The first-order valence-electron chi connectivity index (χ1n) is 3.63. The number of rotatable bonds is 1. The Bertz CT molecular complexity index is 181. The maximum atomic E-state index is 12.2. The predicted molar refractivity (Wildman–Crippen MR) is 50.4 cm³/mol. The molecule has 0 N–H and O–H groups in total. The second-order valence-corrected chi connectivity index (χ2v) is 2.32. The van der Waals surface area contributed by atoms with Crippen LogP contribution in [0.3, 0.4) is 0 Å². The van der Waals surface area contributed by atoms with Gasteiger partial charge in [-0.3, -0.25) is 0 Å². The Morgan fingerprint density at radius 1 is 1.18 bits per heavy atom. The molecule has 0 spiro atoms. The lowest BCUT2D eigenvalue weighted by Gasteiger charge is -1.91. The lowest BCUT2D eigenvalue weighted by Crippen LogP contribution is -1.76. The molecule has 0 unspecified atom stereocenters. The van der Waals surface area contributed by atoms with Crippen LogP contribution in [-0.4, -0.2) is 0 Å². The van der Waals surface area contributed by atoms with Crippen LogP contribution in [0.5, 0.6) is 0 Å². The molecule has 0 aliphatic rings. The van der Waals surface area contributed by atoms with Crippen molar-refractivity contribution >= 4 is 15.9 Å². The van der Waals surface area contributed by atoms with Crippen LogP contribution in [0.15, 0.2) is 24.3 Å². The third kappa shape index (κ3) is 4.14. The Balaban J connectivity index is 0.000000461. The SMILES string of the molecule is CC.Fc1ccc(CBr)cc1. The van der Waals surface area contributed by atoms with Crippen LogP contribution < -0.4 is 0 Å². The first-order chi connectivity index (χ1) is 5.33. The third-order valence-electron chi connectivity index (χ3n) is 1.07. The molecule has 0 heterocycles. The van der Waals surface area contributed by atoms with E-state index in [2.05, 4.69) is 15.9 Å². The monoisotopic (exact) mass is 218 g/mol. The zero-order valence-corrected chi connectivity index (χ0v) is 8.36. The molecule has 0 aromatic heterocycles. The normalized spacial score (nSPS) is 8.36. The van der Waals surface area contributed by atoms with E-state index in [-0.39, 0.29) is 5.82 Å². The molecule has 62 valence electrons. The summed E-state index contributed by atoms with van der Waals surface area (Å²) in [5.41, 5.74) is 1.09. The number of hydrogen-bond acceptors (Lipinski definition) is 0. The van der Waals surface area contributed by atoms with Crippen molar-refractivity contribution in [2.45, 2.75) is 19.2 Å². The summed E-state index contributed by atoms with van der Waals surface area (Å²) in [5, 5.41) is 0.785. The highest BCUT2D eigenvalue weighted by molar-refractivity contribution is 9.08. The maximum absolute atomic E-state index is 12.2. The number of benzene rings is 1. The van der Waals surface area contributed by atoms with Gasteiger partial charge in [0.1, 0.15) is 5.82 Å². The van der Waals surface area contributed by atoms with Crippen molar-refractivity contribution in [3.8, 4) is 0 Å². The van der Waals surface area contributed by atoms with Gasteiger partial charge in [0.15, 0.2) is 0 Å². The Morgan fingerprint density at radius 2 is 1.64 bits per heavy atom. The summed E-state index contributed by atoms with van der Waals surface area (Å²) in [6, 6.07) is 6.42. The maximum Gasteiger partial charge on any atom is 0.123 e.